The van der Waals surface area contributed by atoms with Crippen LogP contribution in [-0.2, 0) is 4.74 Å². The van der Waals surface area contributed by atoms with Gasteiger partial charge in [-0.2, -0.15) is 0 Å². The van der Waals surface area contributed by atoms with Crippen molar-refractivity contribution in [2.24, 2.45) is 0 Å². The molecule has 19 heavy (non-hydrogen) atoms. The molecule has 1 heterocycles. The molecule has 0 bridgehead atoms. The Bertz CT molecular complexity index is 496. The first-order valence-electron chi connectivity index (χ1n) is 6.39. The third-order valence-corrected chi connectivity index (χ3v) is 3.44. The molecule has 1 unspecified atom stereocenters. The Hall–Kier alpha value is -1.62. The standard InChI is InChI=1S/C14H19FN2O2/c1-9-6-10(16)7-11(12(9)15)13(18)17-8-14(2)4-3-5-19-14/h6-7H,3-5,8,16H2,1-2H3,(H,17,18). The molecule has 2 rings (SSSR count). The first kappa shape index (κ1) is 13.8. The first-order chi connectivity index (χ1) is 8.91. The van der Waals surface area contributed by atoms with E-state index in [0.29, 0.717) is 24.4 Å². The maximum absolute atomic E-state index is 13.9. The highest BCUT2D eigenvalue weighted by molar-refractivity contribution is 5.95. The van der Waals surface area contributed by atoms with Gasteiger partial charge in [0.15, 0.2) is 0 Å². The van der Waals surface area contributed by atoms with Crippen molar-refractivity contribution >= 4 is 11.6 Å². The quantitative estimate of drug-likeness (QED) is 0.823. The molecule has 1 amide bonds. The zero-order chi connectivity index (χ0) is 14.0. The zero-order valence-electron chi connectivity index (χ0n) is 11.3. The number of hydrogen-bond donors (Lipinski definition) is 2. The number of amides is 1. The molecule has 1 saturated heterocycles. The second-order valence-electron chi connectivity index (χ2n) is 5.28. The van der Waals surface area contributed by atoms with E-state index in [1.54, 1.807) is 6.92 Å². The summed E-state index contributed by atoms with van der Waals surface area (Å²) in [5.41, 5.74) is 6.03. The van der Waals surface area contributed by atoms with Crippen molar-refractivity contribution in [1.29, 1.82) is 0 Å². The summed E-state index contributed by atoms with van der Waals surface area (Å²) in [5, 5.41) is 2.72. The maximum Gasteiger partial charge on any atom is 0.254 e. The van der Waals surface area contributed by atoms with Crippen LogP contribution in [0.2, 0.25) is 0 Å². The van der Waals surface area contributed by atoms with E-state index in [-0.39, 0.29) is 11.2 Å². The predicted molar refractivity (Wildman–Crippen MR) is 71.5 cm³/mol. The molecular weight excluding hydrogens is 247 g/mol. The van der Waals surface area contributed by atoms with Gasteiger partial charge in [-0.25, -0.2) is 4.39 Å². The minimum absolute atomic E-state index is 0.0147. The van der Waals surface area contributed by atoms with E-state index in [1.165, 1.54) is 12.1 Å². The van der Waals surface area contributed by atoms with Crippen molar-refractivity contribution < 1.29 is 13.9 Å². The Balaban J connectivity index is 2.08. The van der Waals surface area contributed by atoms with Crippen LogP contribution in [0, 0.1) is 12.7 Å². The Labute approximate surface area is 112 Å². The fraction of sp³-hybridized carbons (Fsp3) is 0.500. The summed E-state index contributed by atoms with van der Waals surface area (Å²) >= 11 is 0. The average molecular weight is 266 g/mol. The second-order valence-corrected chi connectivity index (χ2v) is 5.28. The highest BCUT2D eigenvalue weighted by atomic mass is 19.1. The number of hydrogen-bond acceptors (Lipinski definition) is 3. The van der Waals surface area contributed by atoms with Gasteiger partial charge < -0.3 is 15.8 Å². The van der Waals surface area contributed by atoms with Crippen LogP contribution in [0.1, 0.15) is 35.7 Å². The fourth-order valence-electron chi connectivity index (χ4n) is 2.30. The molecule has 0 radical (unpaired) electrons. The van der Waals surface area contributed by atoms with Crippen molar-refractivity contribution in [1.82, 2.24) is 5.32 Å². The highest BCUT2D eigenvalue weighted by Crippen LogP contribution is 2.24. The van der Waals surface area contributed by atoms with Gasteiger partial charge in [-0.15, -0.1) is 0 Å². The Morgan fingerprint density at radius 3 is 2.95 bits per heavy atom. The molecule has 0 aromatic heterocycles. The van der Waals surface area contributed by atoms with E-state index in [1.807, 2.05) is 6.92 Å². The van der Waals surface area contributed by atoms with Gasteiger partial charge in [0.1, 0.15) is 5.82 Å². The normalized spacial score (nSPS) is 22.5. The summed E-state index contributed by atoms with van der Waals surface area (Å²) in [7, 11) is 0. The lowest BCUT2D eigenvalue weighted by Crippen LogP contribution is -2.40. The van der Waals surface area contributed by atoms with Crippen molar-refractivity contribution in [3.63, 3.8) is 0 Å². The summed E-state index contributed by atoms with van der Waals surface area (Å²) in [4.78, 5) is 12.0. The molecule has 1 aliphatic heterocycles. The summed E-state index contributed by atoms with van der Waals surface area (Å²) in [6.45, 7) is 4.61. The van der Waals surface area contributed by atoms with Gasteiger partial charge in [-0.05, 0) is 44.4 Å². The number of halogens is 1. The summed E-state index contributed by atoms with van der Waals surface area (Å²) < 4.78 is 19.5. The van der Waals surface area contributed by atoms with Gasteiger partial charge in [-0.1, -0.05) is 0 Å². The summed E-state index contributed by atoms with van der Waals surface area (Å²) in [6, 6.07) is 2.86. The number of anilines is 1. The van der Waals surface area contributed by atoms with Crippen LogP contribution in [0.3, 0.4) is 0 Å². The number of carbonyl (C=O) groups is 1. The number of aryl methyl sites for hydroxylation is 1. The number of ether oxygens (including phenoxy) is 1. The molecule has 104 valence electrons. The van der Waals surface area contributed by atoms with Crippen LogP contribution >= 0.6 is 0 Å². The highest BCUT2D eigenvalue weighted by Gasteiger charge is 2.30. The van der Waals surface area contributed by atoms with Gasteiger partial charge in [0.2, 0.25) is 0 Å². The van der Waals surface area contributed by atoms with Gasteiger partial charge in [0, 0.05) is 18.8 Å². The molecule has 1 aliphatic rings. The minimum Gasteiger partial charge on any atom is -0.399 e. The van der Waals surface area contributed by atoms with E-state index >= 15 is 0 Å². The van der Waals surface area contributed by atoms with Gasteiger partial charge >= 0.3 is 0 Å². The zero-order valence-corrected chi connectivity index (χ0v) is 11.3. The number of rotatable bonds is 3. The van der Waals surface area contributed by atoms with Gasteiger partial charge in [-0.3, -0.25) is 4.79 Å². The van der Waals surface area contributed by atoms with E-state index in [9.17, 15) is 9.18 Å². The topological polar surface area (TPSA) is 64.4 Å². The first-order valence-corrected chi connectivity index (χ1v) is 6.39. The number of nitrogen functional groups attached to an aromatic ring is 1. The van der Waals surface area contributed by atoms with Crippen molar-refractivity contribution in [2.75, 3.05) is 18.9 Å². The molecule has 5 heteroatoms. The molecule has 1 fully saturated rings. The lowest BCUT2D eigenvalue weighted by Gasteiger charge is -2.23. The molecular formula is C14H19FN2O2. The third-order valence-electron chi connectivity index (χ3n) is 3.44. The smallest absolute Gasteiger partial charge is 0.254 e. The van der Waals surface area contributed by atoms with E-state index in [4.69, 9.17) is 10.5 Å². The van der Waals surface area contributed by atoms with Crippen LogP contribution in [0.4, 0.5) is 10.1 Å². The number of benzene rings is 1. The van der Waals surface area contributed by atoms with Crippen LogP contribution < -0.4 is 11.1 Å². The average Bonchev–Trinajstić information content (AvgIpc) is 2.78. The van der Waals surface area contributed by atoms with E-state index in [0.717, 1.165) is 12.8 Å². The second kappa shape index (κ2) is 5.17. The summed E-state index contributed by atoms with van der Waals surface area (Å²) in [5.74, 6) is -0.978. The van der Waals surface area contributed by atoms with Crippen molar-refractivity contribution in [2.45, 2.75) is 32.3 Å². The summed E-state index contributed by atoms with van der Waals surface area (Å²) in [6.07, 6.45) is 1.88. The molecule has 1 atom stereocenters. The Morgan fingerprint density at radius 2 is 2.32 bits per heavy atom. The molecule has 1 aromatic carbocycles. The number of nitrogens with one attached hydrogen (secondary N) is 1. The molecule has 0 aliphatic carbocycles. The molecule has 1 aromatic rings. The predicted octanol–water partition coefficient (Wildman–Crippen LogP) is 2.02. The molecule has 3 N–H and O–H groups in total. The monoisotopic (exact) mass is 266 g/mol. The van der Waals surface area contributed by atoms with Gasteiger partial charge in [0.25, 0.3) is 5.91 Å². The molecule has 0 saturated carbocycles. The number of nitrogens with two attached hydrogens (primary N) is 1. The third kappa shape index (κ3) is 3.04. The van der Waals surface area contributed by atoms with Crippen LogP contribution in [0.15, 0.2) is 12.1 Å². The number of carbonyl (C=O) groups excluding carboxylic acids is 1. The molecule has 0 spiro atoms. The van der Waals surface area contributed by atoms with Crippen molar-refractivity contribution in [3.8, 4) is 0 Å². The Kier molecular flexibility index (Phi) is 3.75. The van der Waals surface area contributed by atoms with E-state index in [2.05, 4.69) is 5.32 Å². The van der Waals surface area contributed by atoms with E-state index < -0.39 is 11.7 Å². The SMILES string of the molecule is Cc1cc(N)cc(C(=O)NCC2(C)CCCO2)c1F. The van der Waals surface area contributed by atoms with Crippen LogP contribution in [0.25, 0.3) is 0 Å². The lowest BCUT2D eigenvalue weighted by atomic mass is 10.0. The minimum atomic E-state index is -0.524. The van der Waals surface area contributed by atoms with Gasteiger partial charge in [0.05, 0.1) is 11.2 Å². The maximum atomic E-state index is 13.9. The van der Waals surface area contributed by atoms with Crippen LogP contribution in [0.5, 0.6) is 0 Å². The molecule has 4 nitrogen and oxygen atoms in total. The Morgan fingerprint density at radius 1 is 1.58 bits per heavy atom. The van der Waals surface area contributed by atoms with Crippen LogP contribution in [-0.4, -0.2) is 24.7 Å². The lowest BCUT2D eigenvalue weighted by molar-refractivity contribution is 0.0205. The van der Waals surface area contributed by atoms with Crippen molar-refractivity contribution in [3.05, 3.63) is 29.1 Å². The largest absolute Gasteiger partial charge is 0.399 e. The fourth-order valence-corrected chi connectivity index (χ4v) is 2.30.